The topological polar surface area (TPSA) is 53.1 Å². The number of nitrogens with one attached hydrogen (secondary N) is 1. The van der Waals surface area contributed by atoms with Gasteiger partial charge < -0.3 is 5.73 Å². The number of hydrogen-bond donors (Lipinski definition) is 2. The van der Waals surface area contributed by atoms with Crippen LogP contribution in [0, 0.1) is 11.3 Å². The summed E-state index contributed by atoms with van der Waals surface area (Å²) >= 11 is 1.80. The van der Waals surface area contributed by atoms with Gasteiger partial charge in [-0.15, -0.1) is 11.3 Å². The lowest BCUT2D eigenvalue weighted by Gasteiger charge is -2.31. The molecule has 1 fully saturated rings. The molecule has 3 N–H and O–H groups in total. The highest BCUT2D eigenvalue weighted by Crippen LogP contribution is 2.19. The van der Waals surface area contributed by atoms with E-state index < -0.39 is 0 Å². The predicted molar refractivity (Wildman–Crippen MR) is 64.2 cm³/mol. The van der Waals surface area contributed by atoms with E-state index in [0.717, 1.165) is 32.5 Å². The van der Waals surface area contributed by atoms with Crippen LogP contribution >= 0.6 is 11.3 Å². The quantitative estimate of drug-likeness (QED) is 0.607. The molecule has 82 valence electrons. The maximum atomic E-state index is 7.48. The molecular formula is C11H17N3S. The zero-order valence-electron chi connectivity index (χ0n) is 8.78. The van der Waals surface area contributed by atoms with Gasteiger partial charge in [-0.05, 0) is 30.8 Å². The molecule has 2 rings (SSSR count). The van der Waals surface area contributed by atoms with Gasteiger partial charge in [0.25, 0.3) is 0 Å². The number of nitrogens with zero attached hydrogens (tertiary/aromatic N) is 1. The van der Waals surface area contributed by atoms with E-state index in [1.165, 1.54) is 4.88 Å². The van der Waals surface area contributed by atoms with Gasteiger partial charge in [-0.2, -0.15) is 0 Å². The first-order valence-electron chi connectivity index (χ1n) is 5.34. The number of nitrogens with two attached hydrogens (primary N) is 1. The summed E-state index contributed by atoms with van der Waals surface area (Å²) in [5.74, 6) is 0.629. The van der Waals surface area contributed by atoms with Crippen LogP contribution in [0.25, 0.3) is 0 Å². The van der Waals surface area contributed by atoms with Crippen LogP contribution in [-0.4, -0.2) is 23.8 Å². The maximum absolute atomic E-state index is 7.48. The lowest BCUT2D eigenvalue weighted by atomic mass is 9.97. The first kappa shape index (κ1) is 10.6. The lowest BCUT2D eigenvalue weighted by molar-refractivity contribution is 0.197. The van der Waals surface area contributed by atoms with Gasteiger partial charge in [0.1, 0.15) is 0 Å². The van der Waals surface area contributed by atoms with Gasteiger partial charge in [0.05, 0.1) is 5.84 Å². The highest BCUT2D eigenvalue weighted by Gasteiger charge is 2.21. The Bertz CT molecular complexity index is 321. The van der Waals surface area contributed by atoms with Crippen molar-refractivity contribution in [3.8, 4) is 0 Å². The number of hydrogen-bond acceptors (Lipinski definition) is 3. The summed E-state index contributed by atoms with van der Waals surface area (Å²) in [7, 11) is 0. The standard InChI is InChI=1S/C11H17N3S/c12-11(13)9-3-1-5-14(7-9)8-10-4-2-6-15-10/h2,4,6,9H,1,3,5,7-8H2,(H3,12,13). The Morgan fingerprint density at radius 1 is 1.67 bits per heavy atom. The van der Waals surface area contributed by atoms with E-state index in [4.69, 9.17) is 11.1 Å². The minimum atomic E-state index is 0.277. The Balaban J connectivity index is 1.90. The normalized spacial score (nSPS) is 22.8. The Kier molecular flexibility index (Phi) is 3.38. The molecule has 0 radical (unpaired) electrons. The third-order valence-electron chi connectivity index (χ3n) is 2.90. The molecular weight excluding hydrogens is 206 g/mol. The van der Waals surface area contributed by atoms with Gasteiger partial charge in [0.15, 0.2) is 0 Å². The molecule has 0 saturated carbocycles. The van der Waals surface area contributed by atoms with E-state index in [-0.39, 0.29) is 5.92 Å². The fourth-order valence-corrected chi connectivity index (χ4v) is 2.82. The largest absolute Gasteiger partial charge is 0.387 e. The molecule has 0 amide bonds. The molecule has 4 heteroatoms. The molecule has 1 aliphatic heterocycles. The second-order valence-electron chi connectivity index (χ2n) is 4.11. The van der Waals surface area contributed by atoms with Crippen molar-refractivity contribution in [1.29, 1.82) is 5.41 Å². The third-order valence-corrected chi connectivity index (χ3v) is 3.77. The van der Waals surface area contributed by atoms with Crippen LogP contribution in [0.1, 0.15) is 17.7 Å². The number of piperidine rings is 1. The molecule has 15 heavy (non-hydrogen) atoms. The summed E-state index contributed by atoms with van der Waals surface area (Å²) in [4.78, 5) is 3.81. The number of amidine groups is 1. The van der Waals surface area contributed by atoms with Crippen molar-refractivity contribution in [2.75, 3.05) is 13.1 Å². The molecule has 0 spiro atoms. The van der Waals surface area contributed by atoms with Crippen molar-refractivity contribution in [3.63, 3.8) is 0 Å². The minimum Gasteiger partial charge on any atom is -0.387 e. The zero-order chi connectivity index (χ0) is 10.7. The fraction of sp³-hybridized carbons (Fsp3) is 0.545. The predicted octanol–water partition coefficient (Wildman–Crippen LogP) is 1.90. The summed E-state index contributed by atoms with van der Waals surface area (Å²) in [6, 6.07) is 4.26. The zero-order valence-corrected chi connectivity index (χ0v) is 9.59. The SMILES string of the molecule is N=C(N)C1CCCN(Cc2cccs2)C1. The lowest BCUT2D eigenvalue weighted by Crippen LogP contribution is -2.40. The van der Waals surface area contributed by atoms with E-state index in [1.54, 1.807) is 11.3 Å². The van der Waals surface area contributed by atoms with Crippen molar-refractivity contribution in [2.24, 2.45) is 11.7 Å². The Morgan fingerprint density at radius 2 is 2.53 bits per heavy atom. The average molecular weight is 223 g/mol. The van der Waals surface area contributed by atoms with Crippen molar-refractivity contribution < 1.29 is 0 Å². The van der Waals surface area contributed by atoms with Gasteiger partial charge in [-0.25, -0.2) is 0 Å². The monoisotopic (exact) mass is 223 g/mol. The van der Waals surface area contributed by atoms with Crippen molar-refractivity contribution in [3.05, 3.63) is 22.4 Å². The molecule has 1 aromatic rings. The van der Waals surface area contributed by atoms with Crippen molar-refractivity contribution in [1.82, 2.24) is 4.90 Å². The average Bonchev–Trinajstić information content (AvgIpc) is 2.71. The highest BCUT2D eigenvalue weighted by atomic mass is 32.1. The summed E-state index contributed by atoms with van der Waals surface area (Å²) in [5.41, 5.74) is 5.56. The molecule has 3 nitrogen and oxygen atoms in total. The van der Waals surface area contributed by atoms with Crippen molar-refractivity contribution in [2.45, 2.75) is 19.4 Å². The van der Waals surface area contributed by atoms with E-state index in [0.29, 0.717) is 5.84 Å². The van der Waals surface area contributed by atoms with Crippen LogP contribution in [0.5, 0.6) is 0 Å². The number of likely N-dealkylation sites (tertiary alicyclic amines) is 1. The summed E-state index contributed by atoms with van der Waals surface area (Å²) in [6.07, 6.45) is 2.24. The molecule has 1 unspecified atom stereocenters. The molecule has 1 atom stereocenters. The van der Waals surface area contributed by atoms with E-state index in [9.17, 15) is 0 Å². The number of thiophene rings is 1. The Labute approximate surface area is 94.4 Å². The van der Waals surface area contributed by atoms with Crippen LogP contribution in [0.3, 0.4) is 0 Å². The highest BCUT2D eigenvalue weighted by molar-refractivity contribution is 7.09. The molecule has 0 aromatic carbocycles. The van der Waals surface area contributed by atoms with Gasteiger partial charge in [-0.1, -0.05) is 6.07 Å². The second kappa shape index (κ2) is 4.77. The van der Waals surface area contributed by atoms with Crippen LogP contribution in [0.4, 0.5) is 0 Å². The van der Waals surface area contributed by atoms with Crippen LogP contribution in [0.2, 0.25) is 0 Å². The van der Waals surface area contributed by atoms with Gasteiger partial charge >= 0.3 is 0 Å². The maximum Gasteiger partial charge on any atom is 0.0949 e. The smallest absolute Gasteiger partial charge is 0.0949 e. The summed E-state index contributed by atoms with van der Waals surface area (Å²) in [5, 5.41) is 9.60. The molecule has 0 bridgehead atoms. The molecule has 0 aliphatic carbocycles. The third kappa shape index (κ3) is 2.79. The van der Waals surface area contributed by atoms with Crippen LogP contribution < -0.4 is 5.73 Å². The summed E-state index contributed by atoms with van der Waals surface area (Å²) in [6.45, 7) is 3.11. The first-order chi connectivity index (χ1) is 7.25. The van der Waals surface area contributed by atoms with Gasteiger partial charge in [0, 0.05) is 23.9 Å². The van der Waals surface area contributed by atoms with E-state index >= 15 is 0 Å². The first-order valence-corrected chi connectivity index (χ1v) is 6.22. The van der Waals surface area contributed by atoms with Crippen LogP contribution in [-0.2, 0) is 6.54 Å². The van der Waals surface area contributed by atoms with Crippen LogP contribution in [0.15, 0.2) is 17.5 Å². The van der Waals surface area contributed by atoms with Crippen molar-refractivity contribution >= 4 is 17.2 Å². The summed E-state index contributed by atoms with van der Waals surface area (Å²) < 4.78 is 0. The Morgan fingerprint density at radius 3 is 3.20 bits per heavy atom. The Hall–Kier alpha value is -0.870. The number of rotatable bonds is 3. The molecule has 1 saturated heterocycles. The minimum absolute atomic E-state index is 0.277. The second-order valence-corrected chi connectivity index (χ2v) is 5.14. The van der Waals surface area contributed by atoms with Gasteiger partial charge in [-0.3, -0.25) is 10.3 Å². The fourth-order valence-electron chi connectivity index (χ4n) is 2.08. The molecule has 2 heterocycles. The van der Waals surface area contributed by atoms with E-state index in [1.807, 2.05) is 0 Å². The van der Waals surface area contributed by atoms with E-state index in [2.05, 4.69) is 22.4 Å². The molecule has 1 aliphatic rings. The molecule has 1 aromatic heterocycles. The van der Waals surface area contributed by atoms with Gasteiger partial charge in [0.2, 0.25) is 0 Å².